The first-order valence-corrected chi connectivity index (χ1v) is 5.29. The molecule has 1 atom stereocenters. The first kappa shape index (κ1) is 8.44. The Morgan fingerprint density at radius 2 is 2.42 bits per heavy atom. The molecule has 0 saturated carbocycles. The van der Waals surface area contributed by atoms with Gasteiger partial charge in [0.2, 0.25) is 0 Å². The molecule has 0 aromatic carbocycles. The minimum absolute atomic E-state index is 0.550. The average Bonchev–Trinajstić information content (AvgIpc) is 2.58. The Bertz CT molecular complexity index is 252. The summed E-state index contributed by atoms with van der Waals surface area (Å²) in [7, 11) is 0. The summed E-state index contributed by atoms with van der Waals surface area (Å²) in [5.74, 6) is 0. The zero-order valence-corrected chi connectivity index (χ0v) is 8.91. The van der Waals surface area contributed by atoms with Gasteiger partial charge < -0.3 is 5.32 Å². The van der Waals surface area contributed by atoms with Gasteiger partial charge in [-0.1, -0.05) is 6.07 Å². The van der Waals surface area contributed by atoms with Gasteiger partial charge in [0.1, 0.15) is 3.70 Å². The Hall–Kier alpha value is -0.160. The molecular weight excluding hydrogens is 263 g/mol. The second-order valence-electron chi connectivity index (χ2n) is 3.06. The standard InChI is InChI=1S/C9H11IN2/c10-9-4-3-7(6-12-9)8-2-1-5-11-8/h3-4,6,8,11H,1-2,5H2/t8-/m0/s1. The van der Waals surface area contributed by atoms with E-state index in [1.54, 1.807) is 0 Å². The van der Waals surface area contributed by atoms with E-state index in [9.17, 15) is 0 Å². The number of halogens is 1. The minimum Gasteiger partial charge on any atom is -0.310 e. The summed E-state index contributed by atoms with van der Waals surface area (Å²) in [6, 6.07) is 4.78. The van der Waals surface area contributed by atoms with E-state index in [2.05, 4.69) is 45.0 Å². The van der Waals surface area contributed by atoms with E-state index < -0.39 is 0 Å². The molecular formula is C9H11IN2. The van der Waals surface area contributed by atoms with E-state index in [0.29, 0.717) is 6.04 Å². The van der Waals surface area contributed by atoms with Crippen LogP contribution in [-0.2, 0) is 0 Å². The lowest BCUT2D eigenvalue weighted by molar-refractivity contribution is 0.644. The largest absolute Gasteiger partial charge is 0.310 e. The van der Waals surface area contributed by atoms with E-state index in [1.807, 2.05) is 6.20 Å². The fourth-order valence-electron chi connectivity index (χ4n) is 1.56. The summed E-state index contributed by atoms with van der Waals surface area (Å²) in [4.78, 5) is 4.27. The van der Waals surface area contributed by atoms with Crippen LogP contribution in [0, 0.1) is 3.70 Å². The van der Waals surface area contributed by atoms with Crippen LogP contribution in [0.15, 0.2) is 18.3 Å². The Kier molecular flexibility index (Phi) is 2.60. The molecule has 1 aliphatic rings. The summed E-state index contributed by atoms with van der Waals surface area (Å²) < 4.78 is 1.06. The van der Waals surface area contributed by atoms with Crippen LogP contribution in [0.2, 0.25) is 0 Å². The summed E-state index contributed by atoms with van der Waals surface area (Å²) in [5, 5.41) is 3.45. The number of hydrogen-bond acceptors (Lipinski definition) is 2. The zero-order chi connectivity index (χ0) is 8.39. The molecule has 64 valence electrons. The van der Waals surface area contributed by atoms with Gasteiger partial charge in [0, 0.05) is 12.2 Å². The van der Waals surface area contributed by atoms with Crippen molar-refractivity contribution in [2.45, 2.75) is 18.9 Å². The lowest BCUT2D eigenvalue weighted by Gasteiger charge is -2.08. The highest BCUT2D eigenvalue weighted by atomic mass is 127. The third-order valence-corrected chi connectivity index (χ3v) is 2.85. The minimum atomic E-state index is 0.550. The van der Waals surface area contributed by atoms with Crippen molar-refractivity contribution in [2.24, 2.45) is 0 Å². The van der Waals surface area contributed by atoms with Crippen molar-refractivity contribution in [3.05, 3.63) is 27.6 Å². The monoisotopic (exact) mass is 274 g/mol. The Labute approximate surface area is 85.9 Å². The lowest BCUT2D eigenvalue weighted by atomic mass is 10.1. The van der Waals surface area contributed by atoms with Crippen molar-refractivity contribution in [3.8, 4) is 0 Å². The molecule has 2 nitrogen and oxygen atoms in total. The quantitative estimate of drug-likeness (QED) is 0.626. The van der Waals surface area contributed by atoms with Gasteiger partial charge in [-0.25, -0.2) is 4.98 Å². The molecule has 0 spiro atoms. The topological polar surface area (TPSA) is 24.9 Å². The maximum absolute atomic E-state index is 4.27. The summed E-state index contributed by atoms with van der Waals surface area (Å²) in [6.45, 7) is 1.15. The highest BCUT2D eigenvalue weighted by Gasteiger charge is 2.15. The van der Waals surface area contributed by atoms with E-state index in [-0.39, 0.29) is 0 Å². The van der Waals surface area contributed by atoms with Gasteiger partial charge >= 0.3 is 0 Å². The summed E-state index contributed by atoms with van der Waals surface area (Å²) >= 11 is 2.23. The van der Waals surface area contributed by atoms with Crippen LogP contribution in [0.1, 0.15) is 24.4 Å². The van der Waals surface area contributed by atoms with Gasteiger partial charge in [0.05, 0.1) is 0 Å². The maximum atomic E-state index is 4.27. The van der Waals surface area contributed by atoms with E-state index in [4.69, 9.17) is 0 Å². The van der Waals surface area contributed by atoms with Crippen LogP contribution in [0.5, 0.6) is 0 Å². The van der Waals surface area contributed by atoms with Crippen molar-refractivity contribution in [1.82, 2.24) is 10.3 Å². The maximum Gasteiger partial charge on any atom is 0.101 e. The van der Waals surface area contributed by atoms with Crippen molar-refractivity contribution in [1.29, 1.82) is 0 Å². The fraction of sp³-hybridized carbons (Fsp3) is 0.444. The van der Waals surface area contributed by atoms with E-state index in [0.717, 1.165) is 10.2 Å². The number of nitrogens with zero attached hydrogens (tertiary/aromatic N) is 1. The van der Waals surface area contributed by atoms with Crippen LogP contribution in [-0.4, -0.2) is 11.5 Å². The molecule has 0 radical (unpaired) electrons. The van der Waals surface area contributed by atoms with Gasteiger partial charge in [0.25, 0.3) is 0 Å². The molecule has 0 bridgehead atoms. The van der Waals surface area contributed by atoms with Crippen LogP contribution in [0.3, 0.4) is 0 Å². The highest BCUT2D eigenvalue weighted by Crippen LogP contribution is 2.22. The molecule has 0 unspecified atom stereocenters. The smallest absolute Gasteiger partial charge is 0.101 e. The molecule has 1 aromatic rings. The third-order valence-electron chi connectivity index (χ3n) is 2.21. The van der Waals surface area contributed by atoms with Crippen molar-refractivity contribution >= 4 is 22.6 Å². The Morgan fingerprint density at radius 3 is 3.00 bits per heavy atom. The molecule has 1 aliphatic heterocycles. The predicted molar refractivity (Wildman–Crippen MR) is 56.9 cm³/mol. The number of aromatic nitrogens is 1. The van der Waals surface area contributed by atoms with Crippen LogP contribution >= 0.6 is 22.6 Å². The first-order chi connectivity index (χ1) is 5.86. The normalized spacial score (nSPS) is 22.9. The Morgan fingerprint density at radius 1 is 1.50 bits per heavy atom. The number of rotatable bonds is 1. The molecule has 3 heteroatoms. The molecule has 2 heterocycles. The van der Waals surface area contributed by atoms with Crippen molar-refractivity contribution in [2.75, 3.05) is 6.54 Å². The molecule has 2 rings (SSSR count). The average molecular weight is 274 g/mol. The van der Waals surface area contributed by atoms with Crippen molar-refractivity contribution in [3.63, 3.8) is 0 Å². The predicted octanol–water partition coefficient (Wildman–Crippen LogP) is 2.11. The summed E-state index contributed by atoms with van der Waals surface area (Å²) in [5.41, 5.74) is 1.33. The van der Waals surface area contributed by atoms with Gasteiger partial charge in [0.15, 0.2) is 0 Å². The number of nitrogens with one attached hydrogen (secondary N) is 1. The van der Waals surface area contributed by atoms with Crippen LogP contribution in [0.4, 0.5) is 0 Å². The van der Waals surface area contributed by atoms with Gasteiger partial charge in [-0.2, -0.15) is 0 Å². The van der Waals surface area contributed by atoms with Gasteiger partial charge in [-0.3, -0.25) is 0 Å². The van der Waals surface area contributed by atoms with E-state index in [1.165, 1.54) is 18.4 Å². The highest BCUT2D eigenvalue weighted by molar-refractivity contribution is 14.1. The molecule has 0 aliphatic carbocycles. The zero-order valence-electron chi connectivity index (χ0n) is 6.76. The third kappa shape index (κ3) is 1.77. The van der Waals surface area contributed by atoms with Gasteiger partial charge in [-0.05, 0) is 53.6 Å². The van der Waals surface area contributed by atoms with Crippen LogP contribution in [0.25, 0.3) is 0 Å². The second-order valence-corrected chi connectivity index (χ2v) is 4.17. The molecule has 1 aromatic heterocycles. The molecule has 1 saturated heterocycles. The Balaban J connectivity index is 2.17. The molecule has 1 fully saturated rings. The SMILES string of the molecule is Ic1ccc([C@@H]2CCCN2)cn1. The molecule has 0 amide bonds. The molecule has 12 heavy (non-hydrogen) atoms. The number of pyridine rings is 1. The number of hydrogen-bond donors (Lipinski definition) is 1. The van der Waals surface area contributed by atoms with Crippen molar-refractivity contribution < 1.29 is 0 Å². The lowest BCUT2D eigenvalue weighted by Crippen LogP contribution is -2.12. The first-order valence-electron chi connectivity index (χ1n) is 4.21. The van der Waals surface area contributed by atoms with Gasteiger partial charge in [-0.15, -0.1) is 0 Å². The van der Waals surface area contributed by atoms with Crippen LogP contribution < -0.4 is 5.32 Å². The van der Waals surface area contributed by atoms with E-state index >= 15 is 0 Å². The molecule has 1 N–H and O–H groups in total. The second kappa shape index (κ2) is 3.70. The fourth-order valence-corrected chi connectivity index (χ4v) is 1.88. The summed E-state index contributed by atoms with van der Waals surface area (Å²) in [6.07, 6.45) is 4.52.